The zero-order valence-electron chi connectivity index (χ0n) is 16.4. The molecule has 10 nitrogen and oxygen atoms in total. The van der Waals surface area contributed by atoms with Crippen molar-refractivity contribution in [2.75, 3.05) is 25.0 Å². The first kappa shape index (κ1) is 19.6. The Hall–Kier alpha value is -3.69. The van der Waals surface area contributed by atoms with Crippen LogP contribution in [0.15, 0.2) is 36.9 Å². The zero-order valence-corrected chi connectivity index (χ0v) is 16.4. The van der Waals surface area contributed by atoms with Gasteiger partial charge in [-0.3, -0.25) is 9.78 Å². The van der Waals surface area contributed by atoms with Gasteiger partial charge in [-0.15, -0.1) is 0 Å². The van der Waals surface area contributed by atoms with Crippen molar-refractivity contribution in [3.63, 3.8) is 0 Å². The van der Waals surface area contributed by atoms with Crippen molar-refractivity contribution >= 4 is 23.5 Å². The Morgan fingerprint density at radius 2 is 1.90 bits per heavy atom. The molecule has 4 N–H and O–H groups in total. The van der Waals surface area contributed by atoms with Crippen molar-refractivity contribution in [1.29, 1.82) is 0 Å². The number of primary amides is 1. The van der Waals surface area contributed by atoms with Crippen LogP contribution < -0.4 is 11.1 Å². The summed E-state index contributed by atoms with van der Waals surface area (Å²) in [4.78, 5) is 37.1. The molecule has 30 heavy (non-hydrogen) atoms. The van der Waals surface area contributed by atoms with Crippen molar-refractivity contribution in [3.05, 3.63) is 42.6 Å². The number of carboxylic acid groups (broad SMARTS) is 1. The third kappa shape index (κ3) is 4.17. The highest BCUT2D eigenvalue weighted by molar-refractivity contribution is 5.92. The van der Waals surface area contributed by atoms with Gasteiger partial charge in [-0.05, 0) is 37.3 Å². The summed E-state index contributed by atoms with van der Waals surface area (Å²) in [5.74, 6) is 0.425. The van der Waals surface area contributed by atoms with Crippen LogP contribution in [0.3, 0.4) is 0 Å². The minimum Gasteiger partial charge on any atom is -0.465 e. The molecule has 1 aliphatic heterocycles. The van der Waals surface area contributed by atoms with Gasteiger partial charge < -0.3 is 25.5 Å². The van der Waals surface area contributed by atoms with Crippen molar-refractivity contribution in [1.82, 2.24) is 24.3 Å². The highest BCUT2D eigenvalue weighted by atomic mass is 16.4. The molecule has 1 fully saturated rings. The SMILES string of the molecule is NC(=O)c1cn2cc(-c3ccncc3)nc(NCCC3CCN(C(=O)O)CC3)c2n1. The van der Waals surface area contributed by atoms with Gasteiger partial charge in [-0.25, -0.2) is 14.8 Å². The van der Waals surface area contributed by atoms with Crippen LogP contribution in [0, 0.1) is 5.92 Å². The molecule has 0 radical (unpaired) electrons. The van der Waals surface area contributed by atoms with E-state index in [-0.39, 0.29) is 5.69 Å². The normalized spacial score (nSPS) is 14.7. The number of aromatic nitrogens is 4. The highest BCUT2D eigenvalue weighted by Gasteiger charge is 2.22. The fourth-order valence-electron chi connectivity index (χ4n) is 3.70. The molecule has 4 rings (SSSR count). The molecule has 0 aromatic carbocycles. The maximum atomic E-state index is 11.6. The fraction of sp³-hybridized carbons (Fsp3) is 0.350. The number of rotatable bonds is 6. The number of amides is 2. The van der Waals surface area contributed by atoms with E-state index < -0.39 is 12.0 Å². The summed E-state index contributed by atoms with van der Waals surface area (Å²) in [6.07, 6.45) is 8.53. The maximum Gasteiger partial charge on any atom is 0.407 e. The molecule has 3 aromatic rings. The van der Waals surface area contributed by atoms with Crippen LogP contribution in [0.2, 0.25) is 0 Å². The Kier molecular flexibility index (Phi) is 5.46. The number of likely N-dealkylation sites (tertiary alicyclic amines) is 1. The van der Waals surface area contributed by atoms with E-state index in [2.05, 4.69) is 15.3 Å². The molecule has 0 bridgehead atoms. The number of anilines is 1. The molecule has 156 valence electrons. The topological polar surface area (TPSA) is 139 Å². The van der Waals surface area contributed by atoms with Crippen LogP contribution in [-0.4, -0.2) is 61.0 Å². The van der Waals surface area contributed by atoms with E-state index in [4.69, 9.17) is 15.8 Å². The van der Waals surface area contributed by atoms with Gasteiger partial charge in [0.05, 0.1) is 5.69 Å². The van der Waals surface area contributed by atoms with Crippen molar-refractivity contribution < 1.29 is 14.7 Å². The smallest absolute Gasteiger partial charge is 0.407 e. The Balaban J connectivity index is 1.52. The lowest BCUT2D eigenvalue weighted by molar-refractivity contribution is 0.0996. The van der Waals surface area contributed by atoms with Crippen molar-refractivity contribution in [2.24, 2.45) is 11.7 Å². The van der Waals surface area contributed by atoms with Gasteiger partial charge in [0.25, 0.3) is 5.91 Å². The Morgan fingerprint density at radius 3 is 2.57 bits per heavy atom. The molecule has 0 unspecified atom stereocenters. The molecule has 4 heterocycles. The molecule has 0 aliphatic carbocycles. The van der Waals surface area contributed by atoms with Gasteiger partial charge in [0.2, 0.25) is 0 Å². The van der Waals surface area contributed by atoms with Gasteiger partial charge in [0, 0.05) is 50.0 Å². The largest absolute Gasteiger partial charge is 0.465 e. The Labute approximate surface area is 172 Å². The summed E-state index contributed by atoms with van der Waals surface area (Å²) >= 11 is 0. The van der Waals surface area contributed by atoms with E-state index in [9.17, 15) is 9.59 Å². The molecule has 1 aliphatic rings. The van der Waals surface area contributed by atoms with Crippen molar-refractivity contribution in [2.45, 2.75) is 19.3 Å². The first-order valence-corrected chi connectivity index (χ1v) is 9.83. The molecule has 0 spiro atoms. The summed E-state index contributed by atoms with van der Waals surface area (Å²) in [5.41, 5.74) is 7.71. The van der Waals surface area contributed by atoms with E-state index in [1.807, 2.05) is 12.1 Å². The van der Waals surface area contributed by atoms with Crippen LogP contribution in [0.4, 0.5) is 10.6 Å². The van der Waals surface area contributed by atoms with Gasteiger partial charge >= 0.3 is 6.09 Å². The third-order valence-electron chi connectivity index (χ3n) is 5.40. The number of piperidine rings is 1. The lowest BCUT2D eigenvalue weighted by atomic mass is 9.94. The number of fused-ring (bicyclic) bond motifs is 1. The maximum absolute atomic E-state index is 11.6. The van der Waals surface area contributed by atoms with Gasteiger partial charge in [0.15, 0.2) is 11.5 Å². The lowest BCUT2D eigenvalue weighted by Crippen LogP contribution is -2.37. The van der Waals surface area contributed by atoms with Crippen LogP contribution >= 0.6 is 0 Å². The number of imidazole rings is 1. The minimum absolute atomic E-state index is 0.174. The second kappa shape index (κ2) is 8.36. The number of carbonyl (C=O) groups is 2. The number of nitrogens with two attached hydrogens (primary N) is 1. The Bertz CT molecular complexity index is 1060. The molecular weight excluding hydrogens is 386 g/mol. The minimum atomic E-state index is -0.851. The van der Waals surface area contributed by atoms with E-state index in [1.54, 1.807) is 29.2 Å². The van der Waals surface area contributed by atoms with Crippen molar-refractivity contribution in [3.8, 4) is 11.3 Å². The monoisotopic (exact) mass is 409 g/mol. The number of carbonyl (C=O) groups excluding carboxylic acids is 1. The highest BCUT2D eigenvalue weighted by Crippen LogP contribution is 2.24. The van der Waals surface area contributed by atoms with Crippen LogP contribution in [0.5, 0.6) is 0 Å². The van der Waals surface area contributed by atoms with Gasteiger partial charge in [-0.1, -0.05) is 0 Å². The Morgan fingerprint density at radius 1 is 1.17 bits per heavy atom. The first-order valence-electron chi connectivity index (χ1n) is 9.83. The predicted octanol–water partition coefficient (Wildman–Crippen LogP) is 2.08. The average molecular weight is 409 g/mol. The first-order chi connectivity index (χ1) is 14.5. The number of nitrogens with one attached hydrogen (secondary N) is 1. The summed E-state index contributed by atoms with van der Waals surface area (Å²) in [6.45, 7) is 1.81. The van der Waals surface area contributed by atoms with Crippen LogP contribution in [0.1, 0.15) is 29.8 Å². The molecule has 0 atom stereocenters. The standard InChI is InChI=1S/C20H23N7O3/c21-17(28)16-12-27-11-15(14-2-6-22-7-3-14)24-18(19(27)25-16)23-8-1-13-4-9-26(10-5-13)20(29)30/h2-3,6-7,11-13H,1,4-5,8-10H2,(H2,21,28)(H,23,24)(H,29,30). The number of nitrogens with zero attached hydrogens (tertiary/aromatic N) is 5. The quantitative estimate of drug-likeness (QED) is 0.566. The summed E-state index contributed by atoms with van der Waals surface area (Å²) in [6, 6.07) is 3.72. The molecule has 0 saturated carbocycles. The van der Waals surface area contributed by atoms with Crippen LogP contribution in [0.25, 0.3) is 16.9 Å². The molecule has 10 heteroatoms. The summed E-state index contributed by atoms with van der Waals surface area (Å²) in [7, 11) is 0. The number of hydrogen-bond acceptors (Lipinski definition) is 6. The summed E-state index contributed by atoms with van der Waals surface area (Å²) < 4.78 is 1.75. The molecule has 3 aromatic heterocycles. The lowest BCUT2D eigenvalue weighted by Gasteiger charge is -2.30. The number of hydrogen-bond donors (Lipinski definition) is 3. The van der Waals surface area contributed by atoms with E-state index in [1.165, 1.54) is 4.90 Å². The van der Waals surface area contributed by atoms with Gasteiger partial charge in [0.1, 0.15) is 5.69 Å². The van der Waals surface area contributed by atoms with Crippen LogP contribution in [-0.2, 0) is 0 Å². The van der Waals surface area contributed by atoms with E-state index >= 15 is 0 Å². The van der Waals surface area contributed by atoms with E-state index in [0.717, 1.165) is 30.5 Å². The molecular formula is C20H23N7O3. The average Bonchev–Trinajstić information content (AvgIpc) is 3.19. The van der Waals surface area contributed by atoms with E-state index in [0.29, 0.717) is 37.0 Å². The second-order valence-corrected chi connectivity index (χ2v) is 7.36. The zero-order chi connectivity index (χ0) is 21.1. The van der Waals surface area contributed by atoms with Gasteiger partial charge in [-0.2, -0.15) is 0 Å². The number of pyridine rings is 1. The molecule has 1 saturated heterocycles. The third-order valence-corrected chi connectivity index (χ3v) is 5.40. The second-order valence-electron chi connectivity index (χ2n) is 7.36. The predicted molar refractivity (Wildman–Crippen MR) is 110 cm³/mol. The summed E-state index contributed by atoms with van der Waals surface area (Å²) in [5, 5.41) is 12.4. The molecule has 2 amide bonds. The fourth-order valence-corrected chi connectivity index (χ4v) is 3.70.